The maximum atomic E-state index is 5.17. The number of hydrogen-bond donors (Lipinski definition) is 1. The van der Waals surface area contributed by atoms with Crippen LogP contribution in [-0.4, -0.2) is 24.2 Å². The van der Waals surface area contributed by atoms with Gasteiger partial charge in [-0.2, -0.15) is 0 Å². The fourth-order valence-corrected chi connectivity index (χ4v) is 2.46. The fourth-order valence-electron chi connectivity index (χ4n) is 2.46. The van der Waals surface area contributed by atoms with Crippen LogP contribution in [0.2, 0.25) is 0 Å². The topological polar surface area (TPSA) is 34.1 Å². The monoisotopic (exact) mass is 220 g/mol. The van der Waals surface area contributed by atoms with Crippen LogP contribution in [0.5, 0.6) is 0 Å². The van der Waals surface area contributed by atoms with Crippen LogP contribution in [0.3, 0.4) is 0 Å². The van der Waals surface area contributed by atoms with E-state index in [4.69, 9.17) is 4.74 Å². The number of aryl methyl sites for hydroxylation is 3. The zero-order valence-corrected chi connectivity index (χ0v) is 10.5. The second kappa shape index (κ2) is 4.52. The van der Waals surface area contributed by atoms with Gasteiger partial charge in [-0.25, -0.2) is 0 Å². The molecule has 2 rings (SSSR count). The Morgan fingerprint density at radius 3 is 2.56 bits per heavy atom. The summed E-state index contributed by atoms with van der Waals surface area (Å²) in [5, 5.41) is 3.57. The van der Waals surface area contributed by atoms with Crippen molar-refractivity contribution in [2.24, 2.45) is 0 Å². The van der Waals surface area contributed by atoms with Gasteiger partial charge < -0.3 is 10.1 Å². The Labute approximate surface area is 97.2 Å². The van der Waals surface area contributed by atoms with Crippen molar-refractivity contribution in [3.05, 3.63) is 28.6 Å². The van der Waals surface area contributed by atoms with Gasteiger partial charge in [-0.3, -0.25) is 4.98 Å². The average Bonchev–Trinajstić information content (AvgIpc) is 2.09. The van der Waals surface area contributed by atoms with E-state index in [0.29, 0.717) is 12.1 Å². The van der Waals surface area contributed by atoms with Crippen LogP contribution in [0.25, 0.3) is 0 Å². The van der Waals surface area contributed by atoms with E-state index in [0.717, 1.165) is 24.6 Å². The van der Waals surface area contributed by atoms with Crippen molar-refractivity contribution in [3.8, 4) is 0 Å². The molecule has 3 heteroatoms. The highest BCUT2D eigenvalue weighted by Gasteiger charge is 2.22. The molecule has 16 heavy (non-hydrogen) atoms. The van der Waals surface area contributed by atoms with Gasteiger partial charge in [-0.1, -0.05) is 0 Å². The van der Waals surface area contributed by atoms with Crippen molar-refractivity contribution in [3.63, 3.8) is 0 Å². The van der Waals surface area contributed by atoms with Crippen molar-refractivity contribution in [1.29, 1.82) is 0 Å². The highest BCUT2D eigenvalue weighted by Crippen LogP contribution is 2.22. The van der Waals surface area contributed by atoms with E-state index in [9.17, 15) is 0 Å². The Bertz CT molecular complexity index is 363. The van der Waals surface area contributed by atoms with Gasteiger partial charge in [0.2, 0.25) is 0 Å². The Balaban J connectivity index is 2.17. The van der Waals surface area contributed by atoms with Crippen LogP contribution < -0.4 is 5.32 Å². The number of nitrogens with zero attached hydrogens (tertiary/aromatic N) is 1. The third kappa shape index (κ3) is 2.25. The van der Waals surface area contributed by atoms with Gasteiger partial charge >= 0.3 is 0 Å². The summed E-state index contributed by atoms with van der Waals surface area (Å²) in [5.41, 5.74) is 4.89. The van der Waals surface area contributed by atoms with Crippen LogP contribution in [0.4, 0.5) is 0 Å². The van der Waals surface area contributed by atoms with E-state index in [-0.39, 0.29) is 0 Å². The Hall–Kier alpha value is -0.930. The standard InChI is InChI=1S/C13H20N2O/c1-8-5-9(2)14-10(3)13(8)11(4)15-12-6-16-7-12/h5,11-12,15H,6-7H2,1-4H3. The van der Waals surface area contributed by atoms with Gasteiger partial charge in [0, 0.05) is 17.4 Å². The van der Waals surface area contributed by atoms with E-state index in [1.807, 2.05) is 6.92 Å². The molecule has 1 saturated heterocycles. The molecule has 0 saturated carbocycles. The van der Waals surface area contributed by atoms with E-state index in [1.165, 1.54) is 11.1 Å². The first-order valence-corrected chi connectivity index (χ1v) is 5.86. The quantitative estimate of drug-likeness (QED) is 0.846. The first-order valence-electron chi connectivity index (χ1n) is 5.86. The van der Waals surface area contributed by atoms with Crippen molar-refractivity contribution in [2.75, 3.05) is 13.2 Å². The Morgan fingerprint density at radius 1 is 1.38 bits per heavy atom. The number of pyridine rings is 1. The largest absolute Gasteiger partial charge is 0.378 e. The lowest BCUT2D eigenvalue weighted by molar-refractivity contribution is -0.00932. The van der Waals surface area contributed by atoms with Gasteiger partial charge in [0.25, 0.3) is 0 Å². The molecule has 1 atom stereocenters. The van der Waals surface area contributed by atoms with Crippen LogP contribution in [0.15, 0.2) is 6.07 Å². The molecule has 0 radical (unpaired) electrons. The molecule has 1 fully saturated rings. The molecular formula is C13H20N2O. The molecule has 1 unspecified atom stereocenters. The molecule has 1 N–H and O–H groups in total. The van der Waals surface area contributed by atoms with Gasteiger partial charge in [0.05, 0.1) is 19.3 Å². The summed E-state index contributed by atoms with van der Waals surface area (Å²) in [5.74, 6) is 0. The molecule has 2 heterocycles. The average molecular weight is 220 g/mol. The highest BCUT2D eigenvalue weighted by molar-refractivity contribution is 5.33. The number of hydrogen-bond acceptors (Lipinski definition) is 3. The number of rotatable bonds is 3. The zero-order chi connectivity index (χ0) is 11.7. The van der Waals surface area contributed by atoms with Gasteiger partial charge in [0.15, 0.2) is 0 Å². The fraction of sp³-hybridized carbons (Fsp3) is 0.615. The number of ether oxygens (including phenoxy) is 1. The minimum atomic E-state index is 0.349. The minimum absolute atomic E-state index is 0.349. The van der Waals surface area contributed by atoms with E-state index < -0.39 is 0 Å². The van der Waals surface area contributed by atoms with Crippen molar-refractivity contribution < 1.29 is 4.74 Å². The Morgan fingerprint density at radius 2 is 2.06 bits per heavy atom. The van der Waals surface area contributed by atoms with Gasteiger partial charge in [0.1, 0.15) is 0 Å². The smallest absolute Gasteiger partial charge is 0.0643 e. The molecule has 3 nitrogen and oxygen atoms in total. The zero-order valence-electron chi connectivity index (χ0n) is 10.5. The minimum Gasteiger partial charge on any atom is -0.378 e. The van der Waals surface area contributed by atoms with Gasteiger partial charge in [-0.05, 0) is 44.9 Å². The molecule has 1 aliphatic rings. The SMILES string of the molecule is Cc1cc(C)c(C(C)NC2COC2)c(C)n1. The molecule has 0 aromatic carbocycles. The third-order valence-corrected chi connectivity index (χ3v) is 3.14. The molecule has 1 aromatic heterocycles. The molecule has 1 aromatic rings. The summed E-state index contributed by atoms with van der Waals surface area (Å²) in [6, 6.07) is 3.01. The van der Waals surface area contributed by atoms with E-state index in [1.54, 1.807) is 0 Å². The van der Waals surface area contributed by atoms with Gasteiger partial charge in [-0.15, -0.1) is 0 Å². The van der Waals surface area contributed by atoms with Crippen molar-refractivity contribution >= 4 is 0 Å². The lowest BCUT2D eigenvalue weighted by atomic mass is 9.99. The summed E-state index contributed by atoms with van der Waals surface area (Å²) >= 11 is 0. The van der Waals surface area contributed by atoms with Crippen LogP contribution >= 0.6 is 0 Å². The van der Waals surface area contributed by atoms with Crippen LogP contribution in [0, 0.1) is 20.8 Å². The lowest BCUT2D eigenvalue weighted by Crippen LogP contribution is -2.47. The summed E-state index contributed by atoms with van der Waals surface area (Å²) in [7, 11) is 0. The summed E-state index contributed by atoms with van der Waals surface area (Å²) in [6.07, 6.45) is 0. The predicted molar refractivity (Wildman–Crippen MR) is 64.6 cm³/mol. The van der Waals surface area contributed by atoms with Crippen molar-refractivity contribution in [2.45, 2.75) is 39.8 Å². The maximum Gasteiger partial charge on any atom is 0.0643 e. The summed E-state index contributed by atoms with van der Waals surface area (Å²) in [6.45, 7) is 10.2. The predicted octanol–water partition coefficient (Wildman–Crippen LogP) is 2.06. The van der Waals surface area contributed by atoms with Crippen LogP contribution in [-0.2, 0) is 4.74 Å². The Kier molecular flexibility index (Phi) is 3.26. The number of aromatic nitrogens is 1. The molecular weight excluding hydrogens is 200 g/mol. The third-order valence-electron chi connectivity index (χ3n) is 3.14. The molecule has 1 aliphatic heterocycles. The van der Waals surface area contributed by atoms with Crippen molar-refractivity contribution in [1.82, 2.24) is 10.3 Å². The second-order valence-electron chi connectivity index (χ2n) is 4.70. The lowest BCUT2D eigenvalue weighted by Gasteiger charge is -2.31. The molecule has 0 bridgehead atoms. The number of nitrogens with one attached hydrogen (secondary N) is 1. The normalized spacial score (nSPS) is 18.2. The molecule has 88 valence electrons. The summed E-state index contributed by atoms with van der Waals surface area (Å²) in [4.78, 5) is 4.54. The van der Waals surface area contributed by atoms with E-state index in [2.05, 4.69) is 37.1 Å². The molecule has 0 amide bonds. The first-order chi connectivity index (χ1) is 7.58. The highest BCUT2D eigenvalue weighted by atomic mass is 16.5. The second-order valence-corrected chi connectivity index (χ2v) is 4.70. The first kappa shape index (κ1) is 11.6. The van der Waals surface area contributed by atoms with Crippen LogP contribution in [0.1, 0.15) is 35.5 Å². The van der Waals surface area contributed by atoms with E-state index >= 15 is 0 Å². The molecule has 0 spiro atoms. The maximum absolute atomic E-state index is 5.17. The molecule has 0 aliphatic carbocycles. The summed E-state index contributed by atoms with van der Waals surface area (Å²) < 4.78 is 5.17.